The number of hydrogen-bond acceptors (Lipinski definition) is 3. The molecule has 3 aromatic carbocycles. The first-order chi connectivity index (χ1) is 17.3. The van der Waals surface area contributed by atoms with Gasteiger partial charge in [0.2, 0.25) is 0 Å². The Hall–Kier alpha value is -3.56. The molecule has 0 aliphatic heterocycles. The lowest BCUT2D eigenvalue weighted by atomic mass is 9.87. The molecule has 0 aliphatic rings. The molecule has 0 aliphatic carbocycles. The molecular formula is C33H38O3. The predicted octanol–water partition coefficient (Wildman–Crippen LogP) is 8.65. The second-order valence-corrected chi connectivity index (χ2v) is 9.75. The van der Waals surface area contributed by atoms with E-state index in [1.807, 2.05) is 56.3 Å². The largest absolute Gasteiger partial charge is 0.508 e. The molecule has 0 heterocycles. The quantitative estimate of drug-likeness (QED) is 0.232. The number of benzene rings is 3. The molecule has 0 saturated carbocycles. The monoisotopic (exact) mass is 482 g/mol. The van der Waals surface area contributed by atoms with Crippen LogP contribution in [0.5, 0.6) is 11.5 Å². The summed E-state index contributed by atoms with van der Waals surface area (Å²) < 4.78 is 11.5. The number of phenols is 1. The fraction of sp³-hybridized carbons (Fsp3) is 0.273. The van der Waals surface area contributed by atoms with E-state index in [-0.39, 0.29) is 17.5 Å². The third-order valence-electron chi connectivity index (χ3n) is 5.77. The zero-order valence-electron chi connectivity index (χ0n) is 22.1. The number of phenolic OH excluding ortho intramolecular Hbond substituents is 1. The molecule has 0 radical (unpaired) electrons. The fourth-order valence-electron chi connectivity index (χ4n) is 3.62. The molecule has 3 rings (SSSR count). The van der Waals surface area contributed by atoms with Gasteiger partial charge in [0.25, 0.3) is 0 Å². The van der Waals surface area contributed by atoms with Gasteiger partial charge in [-0.15, -0.1) is 0 Å². The summed E-state index contributed by atoms with van der Waals surface area (Å²) in [7, 11) is 0. The maximum absolute atomic E-state index is 9.57. The van der Waals surface area contributed by atoms with Gasteiger partial charge in [0.05, 0.1) is 0 Å². The van der Waals surface area contributed by atoms with Gasteiger partial charge in [-0.3, -0.25) is 0 Å². The topological polar surface area (TPSA) is 38.7 Å². The SMILES string of the molecule is CCOC(CC)Oc1ccc(C=C(C=Cc2ccc(O)cc2)C=Cc2ccc(C(C)(C)C)cc2)cc1. The molecule has 3 aromatic rings. The molecule has 3 heteroatoms. The predicted molar refractivity (Wildman–Crippen MR) is 152 cm³/mol. The summed E-state index contributed by atoms with van der Waals surface area (Å²) in [6, 6.07) is 23.9. The normalized spacial score (nSPS) is 13.4. The van der Waals surface area contributed by atoms with Gasteiger partial charge in [0.1, 0.15) is 11.5 Å². The minimum Gasteiger partial charge on any atom is -0.508 e. The highest BCUT2D eigenvalue weighted by Gasteiger charge is 2.12. The van der Waals surface area contributed by atoms with Crippen molar-refractivity contribution in [2.45, 2.75) is 52.7 Å². The minimum atomic E-state index is -0.229. The van der Waals surface area contributed by atoms with Crippen molar-refractivity contribution in [3.05, 3.63) is 113 Å². The molecule has 188 valence electrons. The van der Waals surface area contributed by atoms with Crippen LogP contribution in [0.3, 0.4) is 0 Å². The third kappa shape index (κ3) is 8.58. The highest BCUT2D eigenvalue weighted by Crippen LogP contribution is 2.23. The molecule has 0 aromatic heterocycles. The summed E-state index contributed by atoms with van der Waals surface area (Å²) in [4.78, 5) is 0. The lowest BCUT2D eigenvalue weighted by Gasteiger charge is -2.18. The molecule has 36 heavy (non-hydrogen) atoms. The Morgan fingerprint density at radius 3 is 1.81 bits per heavy atom. The number of rotatable bonds is 10. The van der Waals surface area contributed by atoms with Crippen LogP contribution in [0.1, 0.15) is 63.3 Å². The highest BCUT2D eigenvalue weighted by atomic mass is 16.7. The zero-order valence-corrected chi connectivity index (χ0v) is 22.1. The van der Waals surface area contributed by atoms with Crippen LogP contribution in [0, 0.1) is 0 Å². The Labute approximate surface area is 216 Å². The number of ether oxygens (including phenoxy) is 2. The van der Waals surface area contributed by atoms with E-state index in [2.05, 4.69) is 69.3 Å². The van der Waals surface area contributed by atoms with Gasteiger partial charge >= 0.3 is 0 Å². The van der Waals surface area contributed by atoms with E-state index >= 15 is 0 Å². The van der Waals surface area contributed by atoms with Gasteiger partial charge in [-0.1, -0.05) is 101 Å². The van der Waals surface area contributed by atoms with Crippen molar-refractivity contribution >= 4 is 18.2 Å². The van der Waals surface area contributed by atoms with Crippen molar-refractivity contribution < 1.29 is 14.6 Å². The average Bonchev–Trinajstić information content (AvgIpc) is 2.87. The Morgan fingerprint density at radius 1 is 0.778 bits per heavy atom. The molecule has 0 saturated heterocycles. The van der Waals surface area contributed by atoms with Gasteiger partial charge in [-0.05, 0) is 70.5 Å². The van der Waals surface area contributed by atoms with Crippen molar-refractivity contribution in [1.82, 2.24) is 0 Å². The summed E-state index contributed by atoms with van der Waals surface area (Å²) in [5.41, 5.74) is 5.75. The van der Waals surface area contributed by atoms with Crippen LogP contribution in [0.4, 0.5) is 0 Å². The van der Waals surface area contributed by atoms with E-state index in [1.165, 1.54) is 5.56 Å². The van der Waals surface area contributed by atoms with E-state index in [0.717, 1.165) is 34.4 Å². The van der Waals surface area contributed by atoms with E-state index < -0.39 is 0 Å². The van der Waals surface area contributed by atoms with Crippen LogP contribution in [0.25, 0.3) is 18.2 Å². The van der Waals surface area contributed by atoms with Crippen LogP contribution in [-0.4, -0.2) is 18.0 Å². The van der Waals surface area contributed by atoms with Crippen molar-refractivity contribution in [2.75, 3.05) is 6.61 Å². The molecule has 0 spiro atoms. The lowest BCUT2D eigenvalue weighted by molar-refractivity contribution is -0.0766. The van der Waals surface area contributed by atoms with Crippen molar-refractivity contribution in [2.24, 2.45) is 0 Å². The summed E-state index contributed by atoms with van der Waals surface area (Å²) >= 11 is 0. The summed E-state index contributed by atoms with van der Waals surface area (Å²) in [6.07, 6.45) is 11.1. The maximum Gasteiger partial charge on any atom is 0.199 e. The first-order valence-corrected chi connectivity index (χ1v) is 12.6. The number of allylic oxidation sites excluding steroid dienone is 3. The first-order valence-electron chi connectivity index (χ1n) is 12.6. The summed E-state index contributed by atoms with van der Waals surface area (Å²) in [6.45, 7) is 11.3. The van der Waals surface area contributed by atoms with E-state index in [0.29, 0.717) is 6.61 Å². The van der Waals surface area contributed by atoms with Crippen LogP contribution in [-0.2, 0) is 10.2 Å². The second-order valence-electron chi connectivity index (χ2n) is 9.75. The standard InChI is InChI=1S/C33H38O3/c1-6-32(35-7-2)36-31-22-16-28(17-23-31)24-27(11-9-26-14-20-30(34)21-15-26)10-8-25-12-18-29(19-13-25)33(3,4)5/h8-24,32,34H,6-7H2,1-5H3. The Balaban J connectivity index is 1.84. The number of aromatic hydroxyl groups is 1. The Morgan fingerprint density at radius 2 is 1.31 bits per heavy atom. The molecule has 0 amide bonds. The van der Waals surface area contributed by atoms with Crippen LogP contribution >= 0.6 is 0 Å². The van der Waals surface area contributed by atoms with E-state index in [4.69, 9.17) is 9.47 Å². The van der Waals surface area contributed by atoms with Crippen molar-refractivity contribution in [1.29, 1.82) is 0 Å². The molecule has 1 N–H and O–H groups in total. The van der Waals surface area contributed by atoms with Gasteiger partial charge in [-0.25, -0.2) is 0 Å². The van der Waals surface area contributed by atoms with Gasteiger partial charge < -0.3 is 14.6 Å². The first kappa shape index (κ1) is 27.0. The molecule has 0 fully saturated rings. The summed E-state index contributed by atoms with van der Waals surface area (Å²) in [5, 5.41) is 9.57. The van der Waals surface area contributed by atoms with Crippen LogP contribution in [0.2, 0.25) is 0 Å². The second kappa shape index (κ2) is 12.9. The van der Waals surface area contributed by atoms with Gasteiger partial charge in [0.15, 0.2) is 6.29 Å². The molecule has 1 unspecified atom stereocenters. The van der Waals surface area contributed by atoms with Gasteiger partial charge in [0, 0.05) is 13.0 Å². The molecule has 0 bridgehead atoms. The molecule has 1 atom stereocenters. The Kier molecular flexibility index (Phi) is 9.72. The lowest BCUT2D eigenvalue weighted by Crippen LogP contribution is -2.19. The smallest absolute Gasteiger partial charge is 0.199 e. The van der Waals surface area contributed by atoms with Crippen LogP contribution in [0.15, 0.2) is 90.5 Å². The van der Waals surface area contributed by atoms with Crippen molar-refractivity contribution in [3.63, 3.8) is 0 Å². The zero-order chi connectivity index (χ0) is 26.0. The van der Waals surface area contributed by atoms with Crippen molar-refractivity contribution in [3.8, 4) is 11.5 Å². The molecular weight excluding hydrogens is 444 g/mol. The maximum atomic E-state index is 9.57. The number of hydrogen-bond donors (Lipinski definition) is 1. The fourth-order valence-corrected chi connectivity index (χ4v) is 3.62. The molecule has 3 nitrogen and oxygen atoms in total. The Bertz CT molecular complexity index is 1160. The third-order valence-corrected chi connectivity index (χ3v) is 5.77. The minimum absolute atomic E-state index is 0.135. The van der Waals surface area contributed by atoms with E-state index in [1.54, 1.807) is 12.1 Å². The van der Waals surface area contributed by atoms with Gasteiger partial charge in [-0.2, -0.15) is 0 Å². The average molecular weight is 483 g/mol. The summed E-state index contributed by atoms with van der Waals surface area (Å²) in [5.74, 6) is 1.06. The highest BCUT2D eigenvalue weighted by molar-refractivity contribution is 5.68. The van der Waals surface area contributed by atoms with Crippen LogP contribution < -0.4 is 4.74 Å². The van der Waals surface area contributed by atoms with E-state index in [9.17, 15) is 5.11 Å².